The molecule has 0 aliphatic heterocycles. The van der Waals surface area contributed by atoms with E-state index in [4.69, 9.17) is 4.74 Å². The Bertz CT molecular complexity index is 662. The number of unbranched alkanes of at least 4 members (excludes halogenated alkanes) is 1. The maximum atomic E-state index is 12.0. The Labute approximate surface area is 128 Å². The first kappa shape index (κ1) is 16.2. The number of nitrogens with zero attached hydrogens (tertiary/aromatic N) is 3. The van der Waals surface area contributed by atoms with Crippen molar-refractivity contribution in [1.29, 1.82) is 0 Å². The average molecular weight is 306 g/mol. The Kier molecular flexibility index (Phi) is 6.14. The van der Waals surface area contributed by atoms with Gasteiger partial charge >= 0.3 is 5.69 Å². The Morgan fingerprint density at radius 1 is 1.32 bits per heavy atom. The highest BCUT2D eigenvalue weighted by atomic mass is 16.5. The minimum absolute atomic E-state index is 0.0722. The first-order valence-electron chi connectivity index (χ1n) is 7.61. The fourth-order valence-corrected chi connectivity index (χ4v) is 2.01. The summed E-state index contributed by atoms with van der Waals surface area (Å²) in [6, 6.07) is 5.27. The third kappa shape index (κ3) is 4.42. The summed E-state index contributed by atoms with van der Waals surface area (Å²) in [5, 5.41) is 6.88. The number of rotatable bonds is 9. The monoisotopic (exact) mass is 306 g/mol. The predicted molar refractivity (Wildman–Crippen MR) is 82.8 cm³/mol. The van der Waals surface area contributed by atoms with E-state index in [1.807, 2.05) is 0 Å². The minimum Gasteiger partial charge on any atom is -0.381 e. The second-order valence-corrected chi connectivity index (χ2v) is 5.04. The van der Waals surface area contributed by atoms with Crippen molar-refractivity contribution in [3.8, 4) is 0 Å². The number of carbonyl (C=O) groups is 1. The summed E-state index contributed by atoms with van der Waals surface area (Å²) in [5.41, 5.74) is 0.221. The molecule has 1 amide bonds. The van der Waals surface area contributed by atoms with E-state index in [1.54, 1.807) is 24.4 Å². The normalized spacial score (nSPS) is 11.0. The first-order chi connectivity index (χ1) is 10.7. The molecule has 22 heavy (non-hydrogen) atoms. The Balaban J connectivity index is 1.74. The maximum absolute atomic E-state index is 12.0. The van der Waals surface area contributed by atoms with E-state index < -0.39 is 0 Å². The van der Waals surface area contributed by atoms with Gasteiger partial charge in [0, 0.05) is 26.0 Å². The van der Waals surface area contributed by atoms with E-state index in [1.165, 1.54) is 9.08 Å². The van der Waals surface area contributed by atoms with E-state index in [-0.39, 0.29) is 18.1 Å². The first-order valence-corrected chi connectivity index (χ1v) is 7.61. The van der Waals surface area contributed by atoms with Crippen LogP contribution in [0.1, 0.15) is 26.2 Å². The summed E-state index contributed by atoms with van der Waals surface area (Å²) in [7, 11) is 0. The molecule has 0 aromatic carbocycles. The fraction of sp³-hybridized carbons (Fsp3) is 0.533. The highest BCUT2D eigenvalue weighted by molar-refractivity contribution is 5.75. The lowest BCUT2D eigenvalue weighted by Gasteiger charge is -2.05. The molecule has 0 saturated carbocycles. The van der Waals surface area contributed by atoms with E-state index in [0.29, 0.717) is 18.8 Å². The summed E-state index contributed by atoms with van der Waals surface area (Å²) in [6.45, 7) is 3.98. The quantitative estimate of drug-likeness (QED) is 0.696. The van der Waals surface area contributed by atoms with Crippen molar-refractivity contribution in [3.63, 3.8) is 0 Å². The SMILES string of the molecule is CCCCOCCCNC(=O)Cn1nc2ccccn2c1=O. The topological polar surface area (TPSA) is 77.6 Å². The number of amides is 1. The molecule has 0 aliphatic rings. The minimum atomic E-state index is -0.311. The number of hydrogen-bond acceptors (Lipinski definition) is 4. The van der Waals surface area contributed by atoms with Crippen molar-refractivity contribution >= 4 is 11.6 Å². The molecule has 0 radical (unpaired) electrons. The van der Waals surface area contributed by atoms with Crippen LogP contribution in [0.3, 0.4) is 0 Å². The van der Waals surface area contributed by atoms with Crippen molar-refractivity contribution in [1.82, 2.24) is 19.5 Å². The summed E-state index contributed by atoms with van der Waals surface area (Å²) in [4.78, 5) is 23.8. The van der Waals surface area contributed by atoms with Crippen LogP contribution < -0.4 is 11.0 Å². The molecule has 0 spiro atoms. The molecule has 0 atom stereocenters. The van der Waals surface area contributed by atoms with Crippen LogP contribution in [0.5, 0.6) is 0 Å². The van der Waals surface area contributed by atoms with Gasteiger partial charge in [0.15, 0.2) is 5.65 Å². The second-order valence-electron chi connectivity index (χ2n) is 5.04. The Morgan fingerprint density at radius 3 is 2.91 bits per heavy atom. The molecular formula is C15H22N4O3. The lowest BCUT2D eigenvalue weighted by molar-refractivity contribution is -0.121. The molecule has 1 N–H and O–H groups in total. The zero-order chi connectivity index (χ0) is 15.8. The Hall–Kier alpha value is -2.15. The van der Waals surface area contributed by atoms with Gasteiger partial charge < -0.3 is 10.1 Å². The van der Waals surface area contributed by atoms with Gasteiger partial charge in [-0.2, -0.15) is 0 Å². The van der Waals surface area contributed by atoms with E-state index in [9.17, 15) is 9.59 Å². The molecule has 7 heteroatoms. The number of hydrogen-bond donors (Lipinski definition) is 1. The zero-order valence-electron chi connectivity index (χ0n) is 12.8. The number of fused-ring (bicyclic) bond motifs is 1. The van der Waals surface area contributed by atoms with Crippen LogP contribution in [-0.4, -0.2) is 39.8 Å². The lowest BCUT2D eigenvalue weighted by atomic mass is 10.3. The van der Waals surface area contributed by atoms with Crippen molar-refractivity contribution < 1.29 is 9.53 Å². The molecular weight excluding hydrogens is 284 g/mol. The van der Waals surface area contributed by atoms with Crippen LogP contribution in [0.4, 0.5) is 0 Å². The number of ether oxygens (including phenoxy) is 1. The molecule has 0 bridgehead atoms. The van der Waals surface area contributed by atoms with Crippen LogP contribution >= 0.6 is 0 Å². The predicted octanol–water partition coefficient (Wildman–Crippen LogP) is 0.819. The van der Waals surface area contributed by atoms with Gasteiger partial charge in [-0.15, -0.1) is 5.10 Å². The Morgan fingerprint density at radius 2 is 2.14 bits per heavy atom. The molecule has 0 fully saturated rings. The van der Waals surface area contributed by atoms with Gasteiger partial charge in [-0.05, 0) is 25.0 Å². The average Bonchev–Trinajstić information content (AvgIpc) is 2.83. The number of nitrogens with one attached hydrogen (secondary N) is 1. The van der Waals surface area contributed by atoms with Gasteiger partial charge in [-0.25, -0.2) is 9.48 Å². The highest BCUT2D eigenvalue weighted by Crippen LogP contribution is 1.95. The van der Waals surface area contributed by atoms with Crippen LogP contribution in [0.25, 0.3) is 5.65 Å². The molecule has 7 nitrogen and oxygen atoms in total. The summed E-state index contributed by atoms with van der Waals surface area (Å²) >= 11 is 0. The van der Waals surface area contributed by atoms with Crippen molar-refractivity contribution in [2.24, 2.45) is 0 Å². The lowest BCUT2D eigenvalue weighted by Crippen LogP contribution is -2.33. The van der Waals surface area contributed by atoms with Gasteiger partial charge in [-0.1, -0.05) is 19.4 Å². The van der Waals surface area contributed by atoms with Crippen LogP contribution in [0.15, 0.2) is 29.2 Å². The van der Waals surface area contributed by atoms with Gasteiger partial charge in [0.2, 0.25) is 5.91 Å². The van der Waals surface area contributed by atoms with Gasteiger partial charge in [0.1, 0.15) is 6.54 Å². The molecule has 2 heterocycles. The third-order valence-corrected chi connectivity index (χ3v) is 3.21. The number of pyridine rings is 1. The number of aromatic nitrogens is 3. The van der Waals surface area contributed by atoms with Crippen molar-refractivity contribution in [2.45, 2.75) is 32.7 Å². The summed E-state index contributed by atoms with van der Waals surface area (Å²) in [6.07, 6.45) is 4.57. The number of carbonyl (C=O) groups excluding carboxylic acids is 1. The summed E-state index contributed by atoms with van der Waals surface area (Å²) < 4.78 is 7.99. The molecule has 0 aliphatic carbocycles. The molecule has 2 aromatic rings. The molecule has 120 valence electrons. The fourth-order valence-electron chi connectivity index (χ4n) is 2.01. The van der Waals surface area contributed by atoms with E-state index in [0.717, 1.165) is 25.9 Å². The van der Waals surface area contributed by atoms with Crippen LogP contribution in [0.2, 0.25) is 0 Å². The maximum Gasteiger partial charge on any atom is 0.350 e. The van der Waals surface area contributed by atoms with Crippen LogP contribution in [0, 0.1) is 0 Å². The van der Waals surface area contributed by atoms with Crippen molar-refractivity contribution in [2.75, 3.05) is 19.8 Å². The molecule has 0 saturated heterocycles. The molecule has 2 rings (SSSR count). The van der Waals surface area contributed by atoms with Crippen molar-refractivity contribution in [3.05, 3.63) is 34.9 Å². The largest absolute Gasteiger partial charge is 0.381 e. The third-order valence-electron chi connectivity index (χ3n) is 3.21. The smallest absolute Gasteiger partial charge is 0.350 e. The second kappa shape index (κ2) is 8.33. The summed E-state index contributed by atoms with van der Waals surface area (Å²) in [5.74, 6) is -0.223. The van der Waals surface area contributed by atoms with Gasteiger partial charge in [0.25, 0.3) is 0 Å². The highest BCUT2D eigenvalue weighted by Gasteiger charge is 2.09. The van der Waals surface area contributed by atoms with E-state index in [2.05, 4.69) is 17.3 Å². The van der Waals surface area contributed by atoms with Gasteiger partial charge in [-0.3, -0.25) is 9.20 Å². The van der Waals surface area contributed by atoms with Gasteiger partial charge in [0.05, 0.1) is 0 Å². The molecule has 2 aromatic heterocycles. The van der Waals surface area contributed by atoms with Crippen LogP contribution in [-0.2, 0) is 16.1 Å². The standard InChI is InChI=1S/C15H22N4O3/c1-2-3-10-22-11-6-8-16-14(20)12-19-15(21)18-9-5-4-7-13(18)17-19/h4-5,7,9H,2-3,6,8,10-12H2,1H3,(H,16,20). The zero-order valence-corrected chi connectivity index (χ0v) is 12.8. The van der Waals surface area contributed by atoms with E-state index >= 15 is 0 Å². The molecule has 0 unspecified atom stereocenters.